The van der Waals surface area contributed by atoms with E-state index in [0.717, 1.165) is 15.6 Å². The van der Waals surface area contributed by atoms with E-state index in [1.165, 1.54) is 0 Å². The van der Waals surface area contributed by atoms with Crippen molar-refractivity contribution in [2.24, 2.45) is 7.05 Å². The van der Waals surface area contributed by atoms with Crippen LogP contribution in [0, 0.1) is 6.92 Å². The van der Waals surface area contributed by atoms with Crippen molar-refractivity contribution < 1.29 is 9.53 Å². The van der Waals surface area contributed by atoms with E-state index in [1.54, 1.807) is 18.7 Å². The van der Waals surface area contributed by atoms with Crippen LogP contribution in [0.4, 0.5) is 0 Å². The van der Waals surface area contributed by atoms with Crippen molar-refractivity contribution in [3.05, 3.63) is 34.1 Å². The average molecular weight is 324 g/mol. The highest BCUT2D eigenvalue weighted by Gasteiger charge is 2.17. The molecule has 19 heavy (non-hydrogen) atoms. The minimum Gasteiger partial charge on any atom is -0.460 e. The van der Waals surface area contributed by atoms with Gasteiger partial charge in [-0.2, -0.15) is 0 Å². The molecule has 0 bridgehead atoms. The van der Waals surface area contributed by atoms with Gasteiger partial charge in [0.2, 0.25) is 0 Å². The lowest BCUT2D eigenvalue weighted by Crippen LogP contribution is -2.07. The number of aromatic nitrogens is 3. The number of rotatable bonds is 3. The quantitative estimate of drug-likeness (QED) is 0.815. The summed E-state index contributed by atoms with van der Waals surface area (Å²) in [6.07, 6.45) is 0. The predicted molar refractivity (Wildman–Crippen MR) is 74.8 cm³/mol. The van der Waals surface area contributed by atoms with Gasteiger partial charge in [0.15, 0.2) is 5.82 Å². The molecule has 100 valence electrons. The highest BCUT2D eigenvalue weighted by molar-refractivity contribution is 9.10. The zero-order valence-electron chi connectivity index (χ0n) is 11.0. The Bertz CT molecular complexity index is 622. The first kappa shape index (κ1) is 13.7. The highest BCUT2D eigenvalue weighted by Crippen LogP contribution is 2.24. The van der Waals surface area contributed by atoms with Gasteiger partial charge in [0.25, 0.3) is 5.82 Å². The predicted octanol–water partition coefficient (Wildman–Crippen LogP) is 2.73. The van der Waals surface area contributed by atoms with Gasteiger partial charge in [-0.25, -0.2) is 14.5 Å². The summed E-state index contributed by atoms with van der Waals surface area (Å²) >= 11 is 3.48. The second-order valence-corrected chi connectivity index (χ2v) is 4.92. The van der Waals surface area contributed by atoms with Gasteiger partial charge in [0.1, 0.15) is 0 Å². The maximum absolute atomic E-state index is 11.6. The Labute approximate surface area is 119 Å². The third kappa shape index (κ3) is 2.84. The second kappa shape index (κ2) is 5.52. The Morgan fingerprint density at radius 2 is 2.21 bits per heavy atom. The molecule has 0 amide bonds. The van der Waals surface area contributed by atoms with Gasteiger partial charge in [-0.1, -0.05) is 28.1 Å². The van der Waals surface area contributed by atoms with Crippen LogP contribution < -0.4 is 0 Å². The molecule has 2 aromatic rings. The van der Waals surface area contributed by atoms with Crippen LogP contribution in [0.25, 0.3) is 11.4 Å². The second-order valence-electron chi connectivity index (χ2n) is 4.07. The van der Waals surface area contributed by atoms with Crippen LogP contribution >= 0.6 is 15.9 Å². The van der Waals surface area contributed by atoms with Crippen LogP contribution in [0.5, 0.6) is 0 Å². The molecule has 0 unspecified atom stereocenters. The van der Waals surface area contributed by atoms with E-state index in [4.69, 9.17) is 4.74 Å². The monoisotopic (exact) mass is 323 g/mol. The molecule has 1 aromatic heterocycles. The average Bonchev–Trinajstić information content (AvgIpc) is 2.75. The van der Waals surface area contributed by atoms with E-state index in [0.29, 0.717) is 12.4 Å². The van der Waals surface area contributed by atoms with Crippen LogP contribution in [0.3, 0.4) is 0 Å². The summed E-state index contributed by atoms with van der Waals surface area (Å²) in [5.41, 5.74) is 2.03. The molecule has 0 atom stereocenters. The van der Waals surface area contributed by atoms with Crippen LogP contribution in [-0.2, 0) is 11.8 Å². The van der Waals surface area contributed by atoms with Crippen molar-refractivity contribution >= 4 is 21.9 Å². The molecule has 2 rings (SSSR count). The van der Waals surface area contributed by atoms with Crippen molar-refractivity contribution in [3.8, 4) is 11.4 Å². The van der Waals surface area contributed by atoms with Crippen LogP contribution in [0.15, 0.2) is 22.7 Å². The molecule has 0 aliphatic carbocycles. The van der Waals surface area contributed by atoms with E-state index in [-0.39, 0.29) is 5.82 Å². The van der Waals surface area contributed by atoms with Gasteiger partial charge >= 0.3 is 5.97 Å². The fraction of sp³-hybridized carbons (Fsp3) is 0.308. The Morgan fingerprint density at radius 1 is 1.47 bits per heavy atom. The van der Waals surface area contributed by atoms with Gasteiger partial charge in [-0.3, -0.25) is 0 Å². The lowest BCUT2D eigenvalue weighted by atomic mass is 10.1. The van der Waals surface area contributed by atoms with E-state index in [1.807, 2.05) is 25.1 Å². The van der Waals surface area contributed by atoms with Crippen molar-refractivity contribution in [2.75, 3.05) is 6.61 Å². The zero-order chi connectivity index (χ0) is 14.0. The van der Waals surface area contributed by atoms with Crippen molar-refractivity contribution in [3.63, 3.8) is 0 Å². The molecule has 0 saturated heterocycles. The van der Waals surface area contributed by atoms with Crippen LogP contribution in [0.1, 0.15) is 23.1 Å². The van der Waals surface area contributed by atoms with Crippen LogP contribution in [0.2, 0.25) is 0 Å². The number of carbonyl (C=O) groups is 1. The minimum atomic E-state index is -0.504. The summed E-state index contributed by atoms with van der Waals surface area (Å²) < 4.78 is 7.45. The molecule has 1 aromatic carbocycles. The molecule has 1 heterocycles. The molecule has 0 radical (unpaired) electrons. The Morgan fingerprint density at radius 3 is 2.84 bits per heavy atom. The van der Waals surface area contributed by atoms with E-state index in [2.05, 4.69) is 26.0 Å². The molecule has 0 aliphatic heterocycles. The number of esters is 1. The van der Waals surface area contributed by atoms with Gasteiger partial charge < -0.3 is 4.74 Å². The van der Waals surface area contributed by atoms with Crippen molar-refractivity contribution in [1.29, 1.82) is 0 Å². The maximum Gasteiger partial charge on any atom is 0.378 e. The van der Waals surface area contributed by atoms with E-state index < -0.39 is 5.97 Å². The lowest BCUT2D eigenvalue weighted by Gasteiger charge is -2.02. The maximum atomic E-state index is 11.6. The minimum absolute atomic E-state index is 0.0797. The molecular weight excluding hydrogens is 310 g/mol. The van der Waals surface area contributed by atoms with Crippen molar-refractivity contribution in [2.45, 2.75) is 13.8 Å². The molecule has 5 nitrogen and oxygen atoms in total. The fourth-order valence-corrected chi connectivity index (χ4v) is 2.03. The third-order valence-electron chi connectivity index (χ3n) is 2.65. The molecule has 0 N–H and O–H groups in total. The smallest absolute Gasteiger partial charge is 0.378 e. The zero-order valence-corrected chi connectivity index (χ0v) is 12.6. The third-order valence-corrected chi connectivity index (χ3v) is 3.51. The summed E-state index contributed by atoms with van der Waals surface area (Å²) in [6.45, 7) is 4.07. The van der Waals surface area contributed by atoms with Gasteiger partial charge in [0, 0.05) is 17.1 Å². The number of hydrogen-bond donors (Lipinski definition) is 0. The van der Waals surface area contributed by atoms with Crippen LogP contribution in [-0.4, -0.2) is 27.3 Å². The Balaban J connectivity index is 2.40. The first-order chi connectivity index (χ1) is 9.02. The number of carbonyl (C=O) groups excluding carboxylic acids is 1. The number of halogens is 1. The van der Waals surface area contributed by atoms with E-state index >= 15 is 0 Å². The Hall–Kier alpha value is -1.69. The summed E-state index contributed by atoms with van der Waals surface area (Å²) in [6, 6.07) is 5.88. The van der Waals surface area contributed by atoms with Gasteiger partial charge in [-0.05, 0) is 25.5 Å². The molecule has 0 aliphatic rings. The number of ether oxygens (including phenoxy) is 1. The standard InChI is InChI=1S/C13H14BrN3O2/c1-4-19-13(18)11-15-12(17(3)16-11)9-6-5-8(2)10(14)7-9/h5-7H,4H2,1-3H3. The topological polar surface area (TPSA) is 57.0 Å². The fourth-order valence-electron chi connectivity index (χ4n) is 1.65. The van der Waals surface area contributed by atoms with Gasteiger partial charge in [0.05, 0.1) is 6.61 Å². The SMILES string of the molecule is CCOC(=O)c1nc(-c2ccc(C)c(Br)c2)n(C)n1. The highest BCUT2D eigenvalue weighted by atomic mass is 79.9. The number of nitrogens with zero attached hydrogens (tertiary/aromatic N) is 3. The van der Waals surface area contributed by atoms with E-state index in [9.17, 15) is 4.79 Å². The Kier molecular flexibility index (Phi) is 3.99. The molecule has 6 heteroatoms. The number of hydrogen-bond acceptors (Lipinski definition) is 4. The van der Waals surface area contributed by atoms with Gasteiger partial charge in [-0.15, -0.1) is 5.10 Å². The van der Waals surface area contributed by atoms with Crippen molar-refractivity contribution in [1.82, 2.24) is 14.8 Å². The first-order valence-electron chi connectivity index (χ1n) is 5.87. The first-order valence-corrected chi connectivity index (χ1v) is 6.67. The normalized spacial score (nSPS) is 10.5. The molecular formula is C13H14BrN3O2. The number of aryl methyl sites for hydroxylation is 2. The summed E-state index contributed by atoms with van der Waals surface area (Å²) in [4.78, 5) is 15.8. The molecule has 0 saturated carbocycles. The summed E-state index contributed by atoms with van der Waals surface area (Å²) in [5.74, 6) is 0.204. The molecule has 0 fully saturated rings. The summed E-state index contributed by atoms with van der Waals surface area (Å²) in [7, 11) is 1.75. The molecule has 0 spiro atoms. The lowest BCUT2D eigenvalue weighted by molar-refractivity contribution is 0.0512. The summed E-state index contributed by atoms with van der Waals surface area (Å²) in [5, 5.41) is 4.07. The largest absolute Gasteiger partial charge is 0.460 e. The number of benzene rings is 1.